The third kappa shape index (κ3) is 1.64. The number of benzene rings is 1. The van der Waals surface area contributed by atoms with Gasteiger partial charge in [0, 0.05) is 6.42 Å². The number of aldehydes is 1. The van der Waals surface area contributed by atoms with Crippen molar-refractivity contribution < 1.29 is 14.3 Å². The number of carbonyl (C=O) groups is 1. The van der Waals surface area contributed by atoms with Gasteiger partial charge in [-0.25, -0.2) is 0 Å². The Bertz CT molecular complexity index is 309. The van der Waals surface area contributed by atoms with Crippen LogP contribution in [-0.4, -0.2) is 19.0 Å². The van der Waals surface area contributed by atoms with Crippen LogP contribution in [0, 0.1) is 0 Å². The van der Waals surface area contributed by atoms with Gasteiger partial charge in [0.05, 0.1) is 6.61 Å². The molecular weight excluding hydrogens is 168 g/mol. The first-order chi connectivity index (χ1) is 6.40. The predicted molar refractivity (Wildman–Crippen MR) is 47.0 cm³/mol. The Morgan fingerprint density at radius 3 is 2.85 bits per heavy atom. The van der Waals surface area contributed by atoms with Gasteiger partial charge in [-0.2, -0.15) is 0 Å². The number of carbonyl (C=O) groups excluding carboxylic acids is 1. The Balaban J connectivity index is 2.28. The molecule has 0 radical (unpaired) electrons. The maximum Gasteiger partial charge on any atom is 0.162 e. The van der Waals surface area contributed by atoms with Gasteiger partial charge < -0.3 is 9.47 Å². The van der Waals surface area contributed by atoms with Crippen LogP contribution in [0.1, 0.15) is 6.42 Å². The molecule has 1 aliphatic rings. The first kappa shape index (κ1) is 8.10. The predicted octanol–water partition coefficient (Wildman–Crippen LogP) is 1.42. The Labute approximate surface area is 76.3 Å². The van der Waals surface area contributed by atoms with Gasteiger partial charge >= 0.3 is 0 Å². The van der Waals surface area contributed by atoms with Crippen molar-refractivity contribution in [3.05, 3.63) is 24.3 Å². The van der Waals surface area contributed by atoms with E-state index >= 15 is 0 Å². The molecule has 1 atom stereocenters. The summed E-state index contributed by atoms with van der Waals surface area (Å²) in [6.07, 6.45) is 1.05. The Kier molecular flexibility index (Phi) is 2.17. The van der Waals surface area contributed by atoms with E-state index in [9.17, 15) is 4.79 Å². The van der Waals surface area contributed by atoms with Crippen molar-refractivity contribution in [2.75, 3.05) is 6.61 Å². The molecule has 2 rings (SSSR count). The molecule has 3 heteroatoms. The van der Waals surface area contributed by atoms with E-state index in [0.717, 1.165) is 6.29 Å². The molecule has 1 aromatic carbocycles. The molecule has 0 aliphatic carbocycles. The van der Waals surface area contributed by atoms with E-state index in [0.29, 0.717) is 24.5 Å². The highest BCUT2D eigenvalue weighted by Gasteiger charge is 2.16. The lowest BCUT2D eigenvalue weighted by atomic mass is 10.3. The van der Waals surface area contributed by atoms with Gasteiger partial charge in [-0.15, -0.1) is 0 Å². The van der Waals surface area contributed by atoms with Crippen LogP contribution in [0.15, 0.2) is 24.3 Å². The van der Waals surface area contributed by atoms with Crippen LogP contribution in [0.25, 0.3) is 0 Å². The maximum absolute atomic E-state index is 10.5. The van der Waals surface area contributed by atoms with E-state index in [1.807, 2.05) is 18.2 Å². The third-order valence-corrected chi connectivity index (χ3v) is 1.94. The Morgan fingerprint density at radius 2 is 2.08 bits per heavy atom. The Hall–Kier alpha value is -1.51. The van der Waals surface area contributed by atoms with E-state index in [1.165, 1.54) is 0 Å². The summed E-state index contributed by atoms with van der Waals surface area (Å²) in [5.41, 5.74) is 0. The van der Waals surface area contributed by atoms with Gasteiger partial charge in [-0.3, -0.25) is 4.79 Å². The molecule has 0 bridgehead atoms. The summed E-state index contributed by atoms with van der Waals surface area (Å²) in [5.74, 6) is 1.36. The normalized spacial score (nSPS) is 20.5. The Morgan fingerprint density at radius 1 is 1.31 bits per heavy atom. The lowest BCUT2D eigenvalue weighted by Crippen LogP contribution is -2.18. The zero-order valence-corrected chi connectivity index (χ0v) is 7.10. The van der Waals surface area contributed by atoms with Crippen LogP contribution < -0.4 is 9.47 Å². The number of ether oxygens (including phenoxy) is 2. The largest absolute Gasteiger partial charge is 0.490 e. The first-order valence-electron chi connectivity index (χ1n) is 4.24. The highest BCUT2D eigenvalue weighted by atomic mass is 16.5. The van der Waals surface area contributed by atoms with E-state index in [-0.39, 0.29) is 6.10 Å². The van der Waals surface area contributed by atoms with Crippen LogP contribution in [0.2, 0.25) is 0 Å². The highest BCUT2D eigenvalue weighted by molar-refractivity contribution is 5.57. The molecule has 3 nitrogen and oxygen atoms in total. The molecular formula is C10H10O3. The van der Waals surface area contributed by atoms with Gasteiger partial charge in [0.2, 0.25) is 0 Å². The van der Waals surface area contributed by atoms with E-state index in [4.69, 9.17) is 9.47 Å². The van der Waals surface area contributed by atoms with Crippen molar-refractivity contribution in [3.8, 4) is 11.5 Å². The van der Waals surface area contributed by atoms with Crippen molar-refractivity contribution in [3.63, 3.8) is 0 Å². The summed E-state index contributed by atoms with van der Waals surface area (Å²) in [6, 6.07) is 7.37. The molecule has 13 heavy (non-hydrogen) atoms. The van der Waals surface area contributed by atoms with E-state index in [2.05, 4.69) is 0 Å². The summed E-state index contributed by atoms with van der Waals surface area (Å²) in [6.45, 7) is 0.528. The van der Waals surface area contributed by atoms with Gasteiger partial charge in [-0.05, 0) is 12.1 Å². The fourth-order valence-corrected chi connectivity index (χ4v) is 1.27. The molecule has 0 saturated heterocycles. The van der Waals surface area contributed by atoms with Crippen LogP contribution in [0.5, 0.6) is 11.5 Å². The van der Waals surface area contributed by atoms with E-state index in [1.54, 1.807) is 6.07 Å². The monoisotopic (exact) mass is 178 g/mol. The SMILES string of the molecule is O=CC1CCOc2ccccc2O1. The van der Waals surface area contributed by atoms with Gasteiger partial charge in [0.1, 0.15) is 0 Å². The number of fused-ring (bicyclic) bond motifs is 1. The molecule has 0 spiro atoms. The van der Waals surface area contributed by atoms with E-state index < -0.39 is 0 Å². The molecule has 1 aromatic rings. The van der Waals surface area contributed by atoms with Gasteiger partial charge in [0.25, 0.3) is 0 Å². The lowest BCUT2D eigenvalue weighted by Gasteiger charge is -2.08. The minimum atomic E-state index is -0.372. The number of hydrogen-bond acceptors (Lipinski definition) is 3. The molecule has 0 fully saturated rings. The van der Waals surface area contributed by atoms with Crippen LogP contribution in [0.3, 0.4) is 0 Å². The molecule has 0 aromatic heterocycles. The standard InChI is InChI=1S/C10H10O3/c11-7-8-5-6-12-9-3-1-2-4-10(9)13-8/h1-4,7-8H,5-6H2. The fourth-order valence-electron chi connectivity index (χ4n) is 1.27. The average Bonchev–Trinajstić information content (AvgIpc) is 2.38. The van der Waals surface area contributed by atoms with Crippen LogP contribution >= 0.6 is 0 Å². The fraction of sp³-hybridized carbons (Fsp3) is 0.300. The third-order valence-electron chi connectivity index (χ3n) is 1.94. The van der Waals surface area contributed by atoms with Gasteiger partial charge in [0.15, 0.2) is 23.9 Å². The molecule has 1 heterocycles. The molecule has 68 valence electrons. The minimum absolute atomic E-state index is 0.372. The average molecular weight is 178 g/mol. The molecule has 0 amide bonds. The maximum atomic E-state index is 10.5. The second-order valence-corrected chi connectivity index (χ2v) is 2.88. The molecule has 0 saturated carbocycles. The summed E-state index contributed by atoms with van der Waals surface area (Å²) < 4.78 is 10.8. The highest BCUT2D eigenvalue weighted by Crippen LogP contribution is 2.29. The summed E-state index contributed by atoms with van der Waals surface area (Å²) in [7, 11) is 0. The molecule has 1 unspecified atom stereocenters. The van der Waals surface area contributed by atoms with Crippen molar-refractivity contribution in [1.82, 2.24) is 0 Å². The van der Waals surface area contributed by atoms with Crippen LogP contribution in [0.4, 0.5) is 0 Å². The minimum Gasteiger partial charge on any atom is -0.490 e. The van der Waals surface area contributed by atoms with Gasteiger partial charge in [-0.1, -0.05) is 12.1 Å². The van der Waals surface area contributed by atoms with Crippen molar-refractivity contribution >= 4 is 6.29 Å². The van der Waals surface area contributed by atoms with Crippen molar-refractivity contribution in [1.29, 1.82) is 0 Å². The molecule has 0 N–H and O–H groups in total. The number of para-hydroxylation sites is 2. The van der Waals surface area contributed by atoms with Crippen molar-refractivity contribution in [2.24, 2.45) is 0 Å². The number of hydrogen-bond donors (Lipinski definition) is 0. The van der Waals surface area contributed by atoms with Crippen molar-refractivity contribution in [2.45, 2.75) is 12.5 Å². The zero-order chi connectivity index (χ0) is 9.10. The summed E-state index contributed by atoms with van der Waals surface area (Å²) in [5, 5.41) is 0. The number of rotatable bonds is 1. The topological polar surface area (TPSA) is 35.5 Å². The first-order valence-corrected chi connectivity index (χ1v) is 4.24. The molecule has 1 aliphatic heterocycles. The summed E-state index contributed by atoms with van der Waals surface area (Å²) in [4.78, 5) is 10.5. The summed E-state index contributed by atoms with van der Waals surface area (Å²) >= 11 is 0. The zero-order valence-electron chi connectivity index (χ0n) is 7.10. The second-order valence-electron chi connectivity index (χ2n) is 2.88. The quantitative estimate of drug-likeness (QED) is 0.610. The van der Waals surface area contributed by atoms with Crippen LogP contribution in [-0.2, 0) is 4.79 Å². The lowest BCUT2D eigenvalue weighted by molar-refractivity contribution is -0.113. The smallest absolute Gasteiger partial charge is 0.162 e. The second kappa shape index (κ2) is 3.47.